The van der Waals surface area contributed by atoms with Crippen LogP contribution in [-0.2, 0) is 0 Å². The molecule has 0 unspecified atom stereocenters. The van der Waals surface area contributed by atoms with E-state index in [1.54, 1.807) is 6.07 Å². The minimum Gasteiger partial charge on any atom is -0.374 e. The Kier molecular flexibility index (Phi) is 3.87. The Morgan fingerprint density at radius 3 is 2.72 bits per heavy atom. The van der Waals surface area contributed by atoms with Crippen molar-refractivity contribution >= 4 is 27.3 Å². The highest BCUT2D eigenvalue weighted by Gasteiger charge is 2.28. The van der Waals surface area contributed by atoms with E-state index in [4.69, 9.17) is 0 Å². The molecular weight excluding hydrogens is 298 g/mol. The molecule has 0 aliphatic carbocycles. The van der Waals surface area contributed by atoms with E-state index in [-0.39, 0.29) is 16.1 Å². The van der Waals surface area contributed by atoms with E-state index < -0.39 is 0 Å². The standard InChI is InChI=1S/C12H16BrN3O2/c1-12(4-6-14-7-5-12)15-10-3-2-9(13)8-11(10)16(17)18/h2-3,8,14-15H,4-7H2,1H3. The molecule has 1 saturated heterocycles. The molecule has 1 fully saturated rings. The van der Waals surface area contributed by atoms with Crippen LogP contribution in [0.2, 0.25) is 0 Å². The van der Waals surface area contributed by atoms with Crippen LogP contribution in [0.5, 0.6) is 0 Å². The van der Waals surface area contributed by atoms with Crippen LogP contribution < -0.4 is 10.6 Å². The largest absolute Gasteiger partial charge is 0.374 e. The molecular formula is C12H16BrN3O2. The number of halogens is 1. The molecule has 5 nitrogen and oxygen atoms in total. The zero-order valence-corrected chi connectivity index (χ0v) is 11.8. The third kappa shape index (κ3) is 3.00. The first kappa shape index (κ1) is 13.3. The van der Waals surface area contributed by atoms with Gasteiger partial charge in [-0.3, -0.25) is 10.1 Å². The molecule has 1 aromatic carbocycles. The zero-order valence-electron chi connectivity index (χ0n) is 10.2. The van der Waals surface area contributed by atoms with Gasteiger partial charge in [-0.25, -0.2) is 0 Å². The molecule has 0 aromatic heterocycles. The highest BCUT2D eigenvalue weighted by Crippen LogP contribution is 2.32. The summed E-state index contributed by atoms with van der Waals surface area (Å²) in [5.74, 6) is 0. The lowest BCUT2D eigenvalue weighted by Crippen LogP contribution is -2.45. The summed E-state index contributed by atoms with van der Waals surface area (Å²) in [7, 11) is 0. The highest BCUT2D eigenvalue weighted by molar-refractivity contribution is 9.10. The summed E-state index contributed by atoms with van der Waals surface area (Å²) in [4.78, 5) is 10.7. The quantitative estimate of drug-likeness (QED) is 0.665. The summed E-state index contributed by atoms with van der Waals surface area (Å²) in [6.45, 7) is 3.99. The SMILES string of the molecule is CC1(Nc2ccc(Br)cc2[N+](=O)[O-])CCNCC1. The smallest absolute Gasteiger partial charge is 0.293 e. The van der Waals surface area contributed by atoms with Crippen LogP contribution in [0.4, 0.5) is 11.4 Å². The van der Waals surface area contributed by atoms with Crippen LogP contribution >= 0.6 is 15.9 Å². The number of nitrogens with one attached hydrogen (secondary N) is 2. The van der Waals surface area contributed by atoms with Gasteiger partial charge >= 0.3 is 0 Å². The highest BCUT2D eigenvalue weighted by atomic mass is 79.9. The number of hydrogen-bond acceptors (Lipinski definition) is 4. The van der Waals surface area contributed by atoms with Crippen LogP contribution in [0, 0.1) is 10.1 Å². The lowest BCUT2D eigenvalue weighted by Gasteiger charge is -2.35. The molecule has 1 aliphatic heterocycles. The first-order valence-corrected chi connectivity index (χ1v) is 6.72. The third-order valence-corrected chi connectivity index (χ3v) is 3.79. The Morgan fingerprint density at radius 1 is 1.44 bits per heavy atom. The summed E-state index contributed by atoms with van der Waals surface area (Å²) in [5.41, 5.74) is 0.626. The van der Waals surface area contributed by atoms with Crippen molar-refractivity contribution in [2.75, 3.05) is 18.4 Å². The molecule has 2 N–H and O–H groups in total. The zero-order chi connectivity index (χ0) is 13.2. The van der Waals surface area contributed by atoms with Gasteiger partial charge in [0.25, 0.3) is 5.69 Å². The van der Waals surface area contributed by atoms with Crippen molar-refractivity contribution in [3.05, 3.63) is 32.8 Å². The van der Waals surface area contributed by atoms with Crippen molar-refractivity contribution in [2.24, 2.45) is 0 Å². The fraction of sp³-hybridized carbons (Fsp3) is 0.500. The average molecular weight is 314 g/mol. The van der Waals surface area contributed by atoms with Crippen LogP contribution in [0.25, 0.3) is 0 Å². The minimum atomic E-state index is -0.350. The molecule has 0 saturated carbocycles. The maximum atomic E-state index is 11.1. The summed E-state index contributed by atoms with van der Waals surface area (Å²) in [5, 5.41) is 17.7. The van der Waals surface area contributed by atoms with E-state index in [0.29, 0.717) is 5.69 Å². The van der Waals surface area contributed by atoms with Crippen molar-refractivity contribution in [2.45, 2.75) is 25.3 Å². The Labute approximate surface area is 114 Å². The van der Waals surface area contributed by atoms with Crippen LogP contribution in [-0.4, -0.2) is 23.6 Å². The number of benzene rings is 1. The average Bonchev–Trinajstić information content (AvgIpc) is 2.32. The molecule has 1 heterocycles. The number of rotatable bonds is 3. The van der Waals surface area contributed by atoms with E-state index in [9.17, 15) is 10.1 Å². The first-order chi connectivity index (χ1) is 8.50. The maximum Gasteiger partial charge on any atom is 0.293 e. The normalized spacial score (nSPS) is 18.3. The Hall–Kier alpha value is -1.14. The van der Waals surface area contributed by atoms with Crippen LogP contribution in [0.1, 0.15) is 19.8 Å². The predicted molar refractivity (Wildman–Crippen MR) is 74.9 cm³/mol. The topological polar surface area (TPSA) is 67.2 Å². The van der Waals surface area contributed by atoms with Crippen molar-refractivity contribution in [1.29, 1.82) is 0 Å². The number of anilines is 1. The van der Waals surface area contributed by atoms with Crippen molar-refractivity contribution in [3.63, 3.8) is 0 Å². The van der Waals surface area contributed by atoms with Gasteiger partial charge in [0.1, 0.15) is 5.69 Å². The maximum absolute atomic E-state index is 11.1. The van der Waals surface area contributed by atoms with Gasteiger partial charge in [0, 0.05) is 16.1 Å². The molecule has 0 bridgehead atoms. The molecule has 98 valence electrons. The van der Waals surface area contributed by atoms with Gasteiger partial charge in [0.05, 0.1) is 4.92 Å². The second-order valence-corrected chi connectivity index (χ2v) is 5.77. The van der Waals surface area contributed by atoms with Crippen LogP contribution in [0.15, 0.2) is 22.7 Å². The molecule has 1 aromatic rings. The van der Waals surface area contributed by atoms with E-state index in [0.717, 1.165) is 30.4 Å². The molecule has 2 rings (SSSR count). The van der Waals surface area contributed by atoms with Crippen molar-refractivity contribution in [3.8, 4) is 0 Å². The molecule has 0 spiro atoms. The van der Waals surface area contributed by atoms with Gasteiger partial charge in [-0.05, 0) is 45.0 Å². The number of hydrogen-bond donors (Lipinski definition) is 2. The van der Waals surface area contributed by atoms with Crippen molar-refractivity contribution < 1.29 is 4.92 Å². The van der Waals surface area contributed by atoms with Gasteiger partial charge in [0.15, 0.2) is 0 Å². The summed E-state index contributed by atoms with van der Waals surface area (Å²) < 4.78 is 0.718. The first-order valence-electron chi connectivity index (χ1n) is 5.93. The van der Waals surface area contributed by atoms with Gasteiger partial charge < -0.3 is 10.6 Å². The summed E-state index contributed by atoms with van der Waals surface area (Å²) >= 11 is 3.26. The van der Waals surface area contributed by atoms with E-state index in [2.05, 4.69) is 33.5 Å². The molecule has 0 atom stereocenters. The van der Waals surface area contributed by atoms with E-state index in [1.807, 2.05) is 6.07 Å². The fourth-order valence-corrected chi connectivity index (χ4v) is 2.54. The number of nitro benzene ring substituents is 1. The van der Waals surface area contributed by atoms with Crippen molar-refractivity contribution in [1.82, 2.24) is 5.32 Å². The summed E-state index contributed by atoms with van der Waals surface area (Å²) in [6, 6.07) is 5.11. The Morgan fingerprint density at radius 2 is 2.11 bits per heavy atom. The number of piperidine rings is 1. The molecule has 0 amide bonds. The van der Waals surface area contributed by atoms with Crippen LogP contribution in [0.3, 0.4) is 0 Å². The third-order valence-electron chi connectivity index (χ3n) is 3.30. The predicted octanol–water partition coefficient (Wildman–Crippen LogP) is 2.91. The molecule has 0 radical (unpaired) electrons. The molecule has 1 aliphatic rings. The van der Waals surface area contributed by atoms with Gasteiger partial charge in [-0.1, -0.05) is 15.9 Å². The summed E-state index contributed by atoms with van der Waals surface area (Å²) in [6.07, 6.45) is 1.92. The lowest BCUT2D eigenvalue weighted by atomic mass is 9.90. The van der Waals surface area contributed by atoms with E-state index in [1.165, 1.54) is 6.07 Å². The van der Waals surface area contributed by atoms with Gasteiger partial charge in [-0.15, -0.1) is 0 Å². The second kappa shape index (κ2) is 5.24. The number of nitrogens with zero attached hydrogens (tertiary/aromatic N) is 1. The minimum absolute atomic E-state index is 0.0795. The van der Waals surface area contributed by atoms with Gasteiger partial charge in [0.2, 0.25) is 0 Å². The monoisotopic (exact) mass is 313 g/mol. The van der Waals surface area contributed by atoms with E-state index >= 15 is 0 Å². The second-order valence-electron chi connectivity index (χ2n) is 4.85. The Bertz CT molecular complexity index is 459. The Balaban J connectivity index is 2.25. The lowest BCUT2D eigenvalue weighted by molar-refractivity contribution is -0.384. The van der Waals surface area contributed by atoms with Gasteiger partial charge in [-0.2, -0.15) is 0 Å². The number of nitro groups is 1. The molecule has 6 heteroatoms. The fourth-order valence-electron chi connectivity index (χ4n) is 2.19. The molecule has 18 heavy (non-hydrogen) atoms.